The fourth-order valence-corrected chi connectivity index (χ4v) is 7.04. The summed E-state index contributed by atoms with van der Waals surface area (Å²) in [4.78, 5) is 42.5. The van der Waals surface area contributed by atoms with Gasteiger partial charge in [0.15, 0.2) is 11.9 Å². The van der Waals surface area contributed by atoms with Crippen molar-refractivity contribution in [3.05, 3.63) is 28.2 Å². The highest BCUT2D eigenvalue weighted by atomic mass is 32.1. The van der Waals surface area contributed by atoms with Crippen molar-refractivity contribution < 1.29 is 33.3 Å². The molecule has 0 saturated carbocycles. The second-order valence-corrected chi connectivity index (χ2v) is 9.58. The summed E-state index contributed by atoms with van der Waals surface area (Å²) in [5.74, 6) is -2.52. The largest absolute Gasteiger partial charge is 0.462 e. The summed E-state index contributed by atoms with van der Waals surface area (Å²) >= 11 is 1.37. The van der Waals surface area contributed by atoms with Crippen LogP contribution in [0.15, 0.2) is 12.2 Å². The van der Waals surface area contributed by atoms with Gasteiger partial charge in [0.1, 0.15) is 5.00 Å². The summed E-state index contributed by atoms with van der Waals surface area (Å²) in [5.41, 5.74) is 0.206. The van der Waals surface area contributed by atoms with Gasteiger partial charge in [-0.15, -0.1) is 11.3 Å². The van der Waals surface area contributed by atoms with Gasteiger partial charge >= 0.3 is 5.97 Å². The molecule has 3 saturated heterocycles. The Morgan fingerprint density at radius 1 is 1.23 bits per heavy atom. The van der Waals surface area contributed by atoms with E-state index in [4.69, 9.17) is 18.9 Å². The van der Waals surface area contributed by atoms with Crippen molar-refractivity contribution in [3.8, 4) is 0 Å². The fourth-order valence-electron chi connectivity index (χ4n) is 5.65. The molecular weight excluding hydrogens is 422 g/mol. The van der Waals surface area contributed by atoms with Gasteiger partial charge in [-0.1, -0.05) is 6.08 Å². The van der Waals surface area contributed by atoms with Gasteiger partial charge in [-0.05, 0) is 44.2 Å². The number of anilines is 1. The van der Waals surface area contributed by atoms with Crippen LogP contribution in [-0.2, 0) is 41.4 Å². The standard InChI is InChI=1S/C22H23NO7S/c1-2-27-20(26)14-11-5-3-4-6-13(11)31-19(14)23-17(24)15-12-7-8-22(30-12,16(15)18(23)25)21-28-9-10-29-21/h7-8,12,15-16,21H,2-6,9-10H2,1H3/t12-,15-,16-,22-/m1/s1. The highest BCUT2D eigenvalue weighted by Crippen LogP contribution is 2.56. The SMILES string of the molecule is CCOC(=O)c1c(N2C(=O)[C@@H]3[C@H]4C=C[C@@](C5OCCO5)(O4)[C@H]3C2=O)sc2c1CCCC2. The van der Waals surface area contributed by atoms with Crippen molar-refractivity contribution in [1.82, 2.24) is 0 Å². The van der Waals surface area contributed by atoms with Gasteiger partial charge in [-0.25, -0.2) is 9.69 Å². The van der Waals surface area contributed by atoms with E-state index in [1.807, 2.05) is 12.2 Å². The zero-order chi connectivity index (χ0) is 21.3. The van der Waals surface area contributed by atoms with Crippen molar-refractivity contribution in [3.63, 3.8) is 0 Å². The van der Waals surface area contributed by atoms with E-state index in [9.17, 15) is 14.4 Å². The molecule has 8 nitrogen and oxygen atoms in total. The number of rotatable bonds is 4. The van der Waals surface area contributed by atoms with Crippen LogP contribution in [0.1, 0.15) is 40.6 Å². The second-order valence-electron chi connectivity index (χ2n) is 8.50. The monoisotopic (exact) mass is 445 g/mol. The summed E-state index contributed by atoms with van der Waals surface area (Å²) in [5, 5.41) is 0.401. The first kappa shape index (κ1) is 19.6. The number of thiophene rings is 1. The molecule has 0 N–H and O–H groups in total. The number of hydrogen-bond donors (Lipinski definition) is 0. The average Bonchev–Trinajstić information content (AvgIpc) is 3.56. The van der Waals surface area contributed by atoms with Crippen molar-refractivity contribution in [2.24, 2.45) is 11.8 Å². The molecule has 0 spiro atoms. The lowest BCUT2D eigenvalue weighted by atomic mass is 9.76. The number of aryl methyl sites for hydroxylation is 1. The molecule has 0 unspecified atom stereocenters. The van der Waals surface area contributed by atoms with Gasteiger partial charge < -0.3 is 18.9 Å². The van der Waals surface area contributed by atoms with E-state index in [1.165, 1.54) is 16.2 Å². The molecule has 0 radical (unpaired) electrons. The van der Waals surface area contributed by atoms with E-state index in [0.717, 1.165) is 36.1 Å². The third-order valence-corrected chi connectivity index (χ3v) is 8.18. The molecule has 2 amide bonds. The third-order valence-electron chi connectivity index (χ3n) is 6.90. The van der Waals surface area contributed by atoms with Gasteiger partial charge in [0.2, 0.25) is 11.8 Å². The minimum absolute atomic E-state index is 0.231. The van der Waals surface area contributed by atoms with Crippen LogP contribution in [0.4, 0.5) is 5.00 Å². The lowest BCUT2D eigenvalue weighted by molar-refractivity contribution is -0.180. The summed E-state index contributed by atoms with van der Waals surface area (Å²) in [6, 6.07) is 0. The van der Waals surface area contributed by atoms with E-state index in [1.54, 1.807) is 6.92 Å². The molecule has 1 aromatic rings. The molecule has 1 aromatic heterocycles. The molecular formula is C22H23NO7S. The van der Waals surface area contributed by atoms with E-state index >= 15 is 0 Å². The third kappa shape index (κ3) is 2.54. The molecule has 2 bridgehead atoms. The zero-order valence-corrected chi connectivity index (χ0v) is 17.9. The molecule has 3 fully saturated rings. The van der Waals surface area contributed by atoms with Crippen LogP contribution in [0.5, 0.6) is 0 Å². The minimum Gasteiger partial charge on any atom is -0.462 e. The lowest BCUT2D eigenvalue weighted by Crippen LogP contribution is -2.49. The van der Waals surface area contributed by atoms with Crippen LogP contribution in [0.25, 0.3) is 0 Å². The second kappa shape index (κ2) is 6.96. The number of fused-ring (bicyclic) bond motifs is 6. The Morgan fingerprint density at radius 3 is 2.77 bits per heavy atom. The summed E-state index contributed by atoms with van der Waals surface area (Å²) in [6.07, 6.45) is 6.02. The summed E-state index contributed by atoms with van der Waals surface area (Å²) < 4.78 is 22.8. The van der Waals surface area contributed by atoms with Crippen LogP contribution in [-0.4, -0.2) is 55.6 Å². The number of carbonyl (C=O) groups is 3. The Bertz CT molecular complexity index is 1010. The van der Waals surface area contributed by atoms with Crippen LogP contribution in [0, 0.1) is 11.8 Å². The van der Waals surface area contributed by atoms with Crippen LogP contribution in [0.2, 0.25) is 0 Å². The highest BCUT2D eigenvalue weighted by Gasteiger charge is 2.71. The smallest absolute Gasteiger partial charge is 0.341 e. The first-order chi connectivity index (χ1) is 15.1. The molecule has 164 valence electrons. The zero-order valence-electron chi connectivity index (χ0n) is 17.1. The molecule has 4 aliphatic heterocycles. The van der Waals surface area contributed by atoms with Crippen molar-refractivity contribution in [2.45, 2.75) is 50.6 Å². The number of hydrogen-bond acceptors (Lipinski definition) is 8. The molecule has 9 heteroatoms. The Hall–Kier alpha value is -2.07. The van der Waals surface area contributed by atoms with Crippen LogP contribution >= 0.6 is 11.3 Å². The van der Waals surface area contributed by atoms with Gasteiger partial charge in [-0.3, -0.25) is 9.59 Å². The number of nitrogens with zero attached hydrogens (tertiary/aromatic N) is 1. The van der Waals surface area contributed by atoms with Gasteiger partial charge in [0, 0.05) is 4.88 Å². The Balaban J connectivity index is 1.44. The number of amides is 2. The molecule has 5 aliphatic rings. The predicted octanol–water partition coefficient (Wildman–Crippen LogP) is 1.99. The van der Waals surface area contributed by atoms with Crippen molar-refractivity contribution >= 4 is 34.1 Å². The van der Waals surface area contributed by atoms with Crippen LogP contribution < -0.4 is 4.90 Å². The lowest BCUT2D eigenvalue weighted by Gasteiger charge is -2.32. The molecule has 1 aliphatic carbocycles. The van der Waals surface area contributed by atoms with Gasteiger partial charge in [0.25, 0.3) is 0 Å². The quantitative estimate of drug-likeness (QED) is 0.398. The normalized spacial score (nSPS) is 34.0. The van der Waals surface area contributed by atoms with Crippen molar-refractivity contribution in [1.29, 1.82) is 0 Å². The first-order valence-electron chi connectivity index (χ1n) is 10.9. The highest BCUT2D eigenvalue weighted by molar-refractivity contribution is 7.17. The van der Waals surface area contributed by atoms with Crippen LogP contribution in [0.3, 0.4) is 0 Å². The van der Waals surface area contributed by atoms with E-state index < -0.39 is 35.8 Å². The minimum atomic E-state index is -1.10. The Labute approximate surface area is 183 Å². The maximum atomic E-state index is 13.7. The van der Waals surface area contributed by atoms with Gasteiger partial charge in [0.05, 0.1) is 43.3 Å². The average molecular weight is 445 g/mol. The topological polar surface area (TPSA) is 91.4 Å². The summed E-state index contributed by atoms with van der Waals surface area (Å²) in [6.45, 7) is 2.82. The number of imide groups is 1. The molecule has 6 rings (SSSR count). The first-order valence-corrected chi connectivity index (χ1v) is 11.7. The van der Waals surface area contributed by atoms with Crippen molar-refractivity contribution in [2.75, 3.05) is 24.7 Å². The van der Waals surface area contributed by atoms with Gasteiger partial charge in [-0.2, -0.15) is 0 Å². The Kier molecular flexibility index (Phi) is 4.40. The summed E-state index contributed by atoms with van der Waals surface area (Å²) in [7, 11) is 0. The number of carbonyl (C=O) groups excluding carboxylic acids is 3. The predicted molar refractivity (Wildman–Crippen MR) is 109 cm³/mol. The molecule has 5 heterocycles. The molecule has 4 atom stereocenters. The van der Waals surface area contributed by atoms with E-state index in [0.29, 0.717) is 23.8 Å². The Morgan fingerprint density at radius 2 is 2.00 bits per heavy atom. The number of esters is 1. The van der Waals surface area contributed by atoms with E-state index in [-0.39, 0.29) is 18.4 Å². The fraction of sp³-hybridized carbons (Fsp3) is 0.591. The maximum Gasteiger partial charge on any atom is 0.341 e. The maximum absolute atomic E-state index is 13.7. The van der Waals surface area contributed by atoms with E-state index in [2.05, 4.69) is 0 Å². The number of ether oxygens (including phenoxy) is 4. The molecule has 0 aromatic carbocycles. The molecule has 31 heavy (non-hydrogen) atoms.